The van der Waals surface area contributed by atoms with Gasteiger partial charge in [-0.3, -0.25) is 47.7 Å². The van der Waals surface area contributed by atoms with Gasteiger partial charge in [-0.05, 0) is 32.1 Å². The fraction of sp³-hybridized carbons (Fsp3) is 0.809. The standard InChI is InChI=1S/C37H64N2O15S.C10H19NO2/c1-28(36(46)47)24-30(40)26-54-23-22-53-21-20-38-33(42)19-18-29(37(48)49)25-32(41)31(27-55(50,51)52)39-34(43)16-14-12-10-8-6-4-2-3-5-7-9-11-13-15-17-35(44)45;1-3-5-7-9(12)8-11-10(13)6-4-2/h28-29,31H,2-27H2,1H3,(H,38,42)(H,39,43)(H,44,45)(H,46,47)(H,48,49)(H,50,51,52);3-8H2,1-2H3,(H,11,13). The molecule has 0 saturated heterocycles. The highest BCUT2D eigenvalue weighted by Gasteiger charge is 2.30. The zero-order chi connectivity index (χ0) is 51.6. The molecule has 0 aliphatic heterocycles. The van der Waals surface area contributed by atoms with Gasteiger partial charge in [-0.1, -0.05) is 104 Å². The van der Waals surface area contributed by atoms with Gasteiger partial charge in [0, 0.05) is 51.5 Å². The molecule has 0 radical (unpaired) electrons. The van der Waals surface area contributed by atoms with Gasteiger partial charge in [-0.15, -0.1) is 0 Å². The molecule has 0 aromatic carbocycles. The number of hydrogen-bond acceptors (Lipinski definition) is 13. The summed E-state index contributed by atoms with van der Waals surface area (Å²) in [7, 11) is -4.70. The smallest absolute Gasteiger partial charge is 0.306 e. The second-order valence-corrected chi connectivity index (χ2v) is 18.6. The first-order valence-corrected chi connectivity index (χ1v) is 26.0. The second kappa shape index (κ2) is 42.7. The Hall–Kier alpha value is -4.34. The van der Waals surface area contributed by atoms with E-state index in [0.29, 0.717) is 19.3 Å². The normalized spacial score (nSPS) is 12.4. The maximum Gasteiger partial charge on any atom is 0.306 e. The Morgan fingerprint density at radius 2 is 1.07 bits per heavy atom. The summed E-state index contributed by atoms with van der Waals surface area (Å²) in [5.41, 5.74) is 0. The molecule has 3 atom stereocenters. The summed E-state index contributed by atoms with van der Waals surface area (Å²) in [5.74, 6) is -8.73. The van der Waals surface area contributed by atoms with Crippen molar-refractivity contribution in [3.63, 3.8) is 0 Å². The number of carbonyl (C=O) groups excluding carboxylic acids is 6. The monoisotopic (exact) mass is 994 g/mol. The number of carboxylic acid groups (broad SMARTS) is 3. The molecule has 0 aromatic rings. The van der Waals surface area contributed by atoms with E-state index in [9.17, 15) is 61.2 Å². The van der Waals surface area contributed by atoms with Crippen molar-refractivity contribution in [3.05, 3.63) is 0 Å². The van der Waals surface area contributed by atoms with Crippen molar-refractivity contribution in [3.8, 4) is 0 Å². The fourth-order valence-corrected chi connectivity index (χ4v) is 7.29. The number of unbranched alkanes of at least 4 members (excludes halogenated alkanes) is 14. The molecule has 0 saturated carbocycles. The number of carboxylic acids is 3. The maximum atomic E-state index is 12.9. The lowest BCUT2D eigenvalue weighted by Gasteiger charge is -2.19. The second-order valence-electron chi connectivity index (χ2n) is 17.1. The number of amides is 3. The van der Waals surface area contributed by atoms with Crippen LogP contribution in [0.4, 0.5) is 0 Å². The number of rotatable bonds is 45. The lowest BCUT2D eigenvalue weighted by atomic mass is 9.94. The zero-order valence-corrected chi connectivity index (χ0v) is 41.7. The molecule has 3 unspecified atom stereocenters. The summed E-state index contributed by atoms with van der Waals surface area (Å²) in [4.78, 5) is 105. The van der Waals surface area contributed by atoms with Crippen LogP contribution in [-0.4, -0.2) is 133 Å². The van der Waals surface area contributed by atoms with E-state index in [1.54, 1.807) is 0 Å². The molecule has 0 fully saturated rings. The van der Waals surface area contributed by atoms with E-state index in [1.807, 2.05) is 13.8 Å². The van der Waals surface area contributed by atoms with Crippen LogP contribution in [0.2, 0.25) is 0 Å². The topological polar surface area (TPSA) is 323 Å². The van der Waals surface area contributed by atoms with E-state index in [-0.39, 0.29) is 89.1 Å². The average molecular weight is 994 g/mol. The fourth-order valence-electron chi connectivity index (χ4n) is 6.60. The van der Waals surface area contributed by atoms with Crippen LogP contribution >= 0.6 is 0 Å². The zero-order valence-electron chi connectivity index (χ0n) is 40.9. The van der Waals surface area contributed by atoms with Crippen LogP contribution in [-0.2, 0) is 62.7 Å². The quantitative estimate of drug-likeness (QED) is 0.0288. The molecule has 21 heteroatoms. The van der Waals surface area contributed by atoms with Crippen molar-refractivity contribution in [1.82, 2.24) is 16.0 Å². The molecule has 394 valence electrons. The Bertz CT molecular complexity index is 1590. The van der Waals surface area contributed by atoms with Crippen LogP contribution in [0.1, 0.15) is 181 Å². The maximum absolute atomic E-state index is 12.9. The lowest BCUT2D eigenvalue weighted by molar-refractivity contribution is -0.144. The van der Waals surface area contributed by atoms with E-state index < -0.39 is 75.7 Å². The van der Waals surface area contributed by atoms with Crippen molar-refractivity contribution in [2.75, 3.05) is 45.3 Å². The van der Waals surface area contributed by atoms with Gasteiger partial charge >= 0.3 is 17.9 Å². The first kappa shape index (κ1) is 65.7. The summed E-state index contributed by atoms with van der Waals surface area (Å²) < 4.78 is 43.0. The molecule has 0 heterocycles. The third-order valence-electron chi connectivity index (χ3n) is 10.6. The summed E-state index contributed by atoms with van der Waals surface area (Å²) >= 11 is 0. The summed E-state index contributed by atoms with van der Waals surface area (Å²) in [6.45, 7) is 5.69. The summed E-state index contributed by atoms with van der Waals surface area (Å²) in [5, 5.41) is 34.6. The molecule has 0 aromatic heterocycles. The predicted molar refractivity (Wildman–Crippen MR) is 253 cm³/mol. The molecule has 0 spiro atoms. The van der Waals surface area contributed by atoms with Crippen molar-refractivity contribution in [2.24, 2.45) is 11.8 Å². The van der Waals surface area contributed by atoms with Gasteiger partial charge in [-0.25, -0.2) is 0 Å². The summed E-state index contributed by atoms with van der Waals surface area (Å²) in [6.07, 6.45) is 16.8. The van der Waals surface area contributed by atoms with Gasteiger partial charge in [0.2, 0.25) is 17.7 Å². The average Bonchev–Trinajstić information content (AvgIpc) is 3.26. The first-order chi connectivity index (χ1) is 32.2. The van der Waals surface area contributed by atoms with Crippen LogP contribution in [0, 0.1) is 11.8 Å². The van der Waals surface area contributed by atoms with Gasteiger partial charge in [0.25, 0.3) is 10.1 Å². The summed E-state index contributed by atoms with van der Waals surface area (Å²) in [6, 6.07) is -1.65. The first-order valence-electron chi connectivity index (χ1n) is 24.4. The Morgan fingerprint density at radius 3 is 1.57 bits per heavy atom. The van der Waals surface area contributed by atoms with Crippen molar-refractivity contribution < 1.29 is 80.9 Å². The molecule has 68 heavy (non-hydrogen) atoms. The largest absolute Gasteiger partial charge is 0.481 e. The van der Waals surface area contributed by atoms with Crippen LogP contribution in [0.15, 0.2) is 0 Å². The minimum atomic E-state index is -4.70. The van der Waals surface area contributed by atoms with Gasteiger partial charge in [-0.2, -0.15) is 8.42 Å². The molecule has 0 bridgehead atoms. The minimum Gasteiger partial charge on any atom is -0.481 e. The molecule has 7 N–H and O–H groups in total. The van der Waals surface area contributed by atoms with E-state index >= 15 is 0 Å². The number of Topliss-reactive ketones (excluding diaryl/α,β-unsaturated/α-hetero) is 3. The Labute approximate surface area is 403 Å². The number of aliphatic carboxylic acids is 3. The van der Waals surface area contributed by atoms with E-state index in [0.717, 1.165) is 89.9 Å². The lowest BCUT2D eigenvalue weighted by Crippen LogP contribution is -2.46. The number of hydrogen-bond donors (Lipinski definition) is 7. The number of nitrogens with one attached hydrogen (secondary N) is 3. The molecule has 0 rings (SSSR count). The van der Waals surface area contributed by atoms with Crippen LogP contribution < -0.4 is 16.0 Å². The molecule has 0 aliphatic carbocycles. The van der Waals surface area contributed by atoms with Gasteiger partial charge < -0.3 is 40.7 Å². The van der Waals surface area contributed by atoms with Gasteiger partial charge in [0.15, 0.2) is 17.3 Å². The van der Waals surface area contributed by atoms with Crippen molar-refractivity contribution in [1.29, 1.82) is 0 Å². The SMILES string of the molecule is CC(CC(=O)COCCOCCNC(=O)CCC(CC(=O)C(CS(=O)(=O)O)NC(=O)CCCCCCCCCCCCCCCCC(=O)O)C(=O)O)C(=O)O.CCCCC(=O)CNC(=O)CCC. The van der Waals surface area contributed by atoms with Gasteiger partial charge in [0.1, 0.15) is 18.4 Å². The number of carbonyl (C=O) groups is 9. The third-order valence-corrected chi connectivity index (χ3v) is 11.3. The van der Waals surface area contributed by atoms with Crippen LogP contribution in [0.5, 0.6) is 0 Å². The predicted octanol–water partition coefficient (Wildman–Crippen LogP) is 5.62. The number of ketones is 3. The minimum absolute atomic E-state index is 0.0210. The van der Waals surface area contributed by atoms with Crippen molar-refractivity contribution >= 4 is 63.1 Å². The van der Waals surface area contributed by atoms with E-state index in [1.165, 1.54) is 19.8 Å². The number of ether oxygens (including phenoxy) is 2. The molecule has 3 amide bonds. The highest BCUT2D eigenvalue weighted by atomic mass is 32.2. The Balaban J connectivity index is 0. The van der Waals surface area contributed by atoms with Crippen LogP contribution in [0.25, 0.3) is 0 Å². The highest BCUT2D eigenvalue weighted by molar-refractivity contribution is 7.85. The Morgan fingerprint density at radius 1 is 0.544 bits per heavy atom. The highest BCUT2D eigenvalue weighted by Crippen LogP contribution is 2.16. The molecule has 20 nitrogen and oxygen atoms in total. The molecular weight excluding hydrogens is 911 g/mol. The third kappa shape index (κ3) is 44.2. The van der Waals surface area contributed by atoms with E-state index in [2.05, 4.69) is 16.0 Å². The van der Waals surface area contributed by atoms with Crippen molar-refractivity contribution in [2.45, 2.75) is 187 Å². The Kier molecular flexibility index (Phi) is 41.3. The molecule has 0 aliphatic rings. The molecular formula is C47H83N3O17S. The van der Waals surface area contributed by atoms with Crippen LogP contribution in [0.3, 0.4) is 0 Å². The van der Waals surface area contributed by atoms with Gasteiger partial charge in [0.05, 0.1) is 38.2 Å². The van der Waals surface area contributed by atoms with E-state index in [4.69, 9.17) is 19.7 Å².